The molecule has 0 unspecified atom stereocenters. The monoisotopic (exact) mass is 336 g/mol. The third-order valence-electron chi connectivity index (χ3n) is 3.66. The Balaban J connectivity index is 3.17. The summed E-state index contributed by atoms with van der Waals surface area (Å²) in [6.07, 6.45) is -0.765. The predicted molar refractivity (Wildman–Crippen MR) is 76.1 cm³/mol. The van der Waals surface area contributed by atoms with Crippen LogP contribution in [0.2, 0.25) is 0 Å². The van der Waals surface area contributed by atoms with Gasteiger partial charge in [-0.2, -0.15) is 14.0 Å². The molecule has 0 amide bonds. The molecule has 7 heteroatoms. The number of halogens is 1. The van der Waals surface area contributed by atoms with Crippen LogP contribution in [-0.2, 0) is 4.29 Å². The normalized spacial score (nSPS) is 16.5. The molecule has 22 heavy (non-hydrogen) atoms. The average molecular weight is 337 g/mol. The summed E-state index contributed by atoms with van der Waals surface area (Å²) in [5, 5.41) is 0. The van der Waals surface area contributed by atoms with E-state index in [1.165, 1.54) is 0 Å². The van der Waals surface area contributed by atoms with E-state index in [-0.39, 0.29) is 24.2 Å². The highest BCUT2D eigenvalue weighted by molar-refractivity contribution is 5.43. The largest absolute Gasteiger partial charge is 0.365 e. The highest BCUT2D eigenvalue weighted by Crippen LogP contribution is 2.44. The van der Waals surface area contributed by atoms with Crippen LogP contribution < -0.4 is 14.0 Å². The van der Waals surface area contributed by atoms with Gasteiger partial charge in [0.2, 0.25) is 0 Å². The molecule has 0 saturated carbocycles. The van der Waals surface area contributed by atoms with Crippen LogP contribution in [0.15, 0.2) is 11.4 Å². The second-order valence-corrected chi connectivity index (χ2v) is 7.74. The van der Waals surface area contributed by atoms with Crippen molar-refractivity contribution in [1.29, 1.82) is 0 Å². The summed E-state index contributed by atoms with van der Waals surface area (Å²) in [5.41, 5.74) is 1.61. The molecule has 130 valence electrons. The summed E-state index contributed by atoms with van der Waals surface area (Å²) in [6, 6.07) is 0.744. The van der Waals surface area contributed by atoms with Gasteiger partial charge in [0, 0.05) is 24.2 Å². The highest BCUT2D eigenvalue weighted by atomic mass is 35.7. The molecule has 1 aliphatic rings. The van der Waals surface area contributed by atoms with Crippen LogP contribution in [0.3, 0.4) is 0 Å². The summed E-state index contributed by atoms with van der Waals surface area (Å²) < 4.78 is 37.9. The molecule has 0 aromatic carbocycles. The molecule has 0 fully saturated rings. The van der Waals surface area contributed by atoms with Gasteiger partial charge in [-0.05, 0) is 55.4 Å². The van der Waals surface area contributed by atoms with E-state index in [2.05, 4.69) is 9.80 Å². The molecule has 0 aromatic heterocycles. The Morgan fingerprint density at radius 1 is 0.727 bits per heavy atom. The second-order valence-electron chi connectivity index (χ2n) is 6.81. The summed E-state index contributed by atoms with van der Waals surface area (Å²) in [5.74, 6) is 0. The molecule has 6 nitrogen and oxygen atoms in total. The maximum atomic E-state index is 11.0. The molecule has 0 radical (unpaired) electrons. The average Bonchev–Trinajstić information content (AvgIpc) is 2.87. The van der Waals surface area contributed by atoms with E-state index < -0.39 is 16.3 Å². The topological polar surface area (TPSA) is 84.9 Å². The molecule has 1 rings (SSSR count). The zero-order valence-corrected chi connectivity index (χ0v) is 15.5. The third-order valence-corrected chi connectivity index (χ3v) is 4.05. The van der Waals surface area contributed by atoms with Gasteiger partial charge < -0.3 is 9.80 Å². The van der Waals surface area contributed by atoms with E-state index in [0.29, 0.717) is 0 Å². The van der Waals surface area contributed by atoms with Gasteiger partial charge in [-0.1, -0.05) is 0 Å². The lowest BCUT2D eigenvalue weighted by Gasteiger charge is -2.32. The van der Waals surface area contributed by atoms with E-state index in [9.17, 15) is 14.0 Å². The Kier molecular flexibility index (Phi) is 6.14. The first kappa shape index (κ1) is 19.5. The summed E-state index contributed by atoms with van der Waals surface area (Å²) in [6.45, 7) is 16.3. The van der Waals surface area contributed by atoms with E-state index in [1.807, 2.05) is 55.4 Å². The summed E-state index contributed by atoms with van der Waals surface area (Å²) >= 11 is 0. The molecule has 0 saturated heterocycles. The van der Waals surface area contributed by atoms with Crippen LogP contribution in [0.1, 0.15) is 55.4 Å². The number of hydrogen-bond acceptors (Lipinski definition) is 6. The number of nitrogens with zero attached hydrogens (tertiary/aromatic N) is 2. The summed E-state index contributed by atoms with van der Waals surface area (Å²) in [4.78, 5) is 4.22. The van der Waals surface area contributed by atoms with Gasteiger partial charge in [-0.3, -0.25) is 0 Å². The minimum atomic E-state index is -4.45. The molecule has 0 N–H and O–H groups in total. The molecule has 0 spiro atoms. The fraction of sp³-hybridized carbons (Fsp3) is 0.867. The molecule has 0 aromatic rings. The van der Waals surface area contributed by atoms with Crippen molar-refractivity contribution in [3.8, 4) is 0 Å². The van der Waals surface area contributed by atoms with Crippen LogP contribution in [0, 0.1) is 10.2 Å². The summed E-state index contributed by atoms with van der Waals surface area (Å²) in [7, 11) is -4.45. The Morgan fingerprint density at radius 2 is 1.00 bits per heavy atom. The molecular formula is C15H29ClN2O4. The Morgan fingerprint density at radius 3 is 1.18 bits per heavy atom. The van der Waals surface area contributed by atoms with Crippen LogP contribution >= 0.6 is 0 Å². The molecule has 1 aliphatic carbocycles. The van der Waals surface area contributed by atoms with Crippen LogP contribution in [-0.4, -0.2) is 40.1 Å². The van der Waals surface area contributed by atoms with Crippen LogP contribution in [0.5, 0.6) is 0 Å². The lowest BCUT2D eigenvalue weighted by atomic mass is 10.2. The quantitative estimate of drug-likeness (QED) is 0.606. The zero-order chi connectivity index (χ0) is 17.4. The molecule has 0 aliphatic heterocycles. The van der Waals surface area contributed by atoms with E-state index in [0.717, 1.165) is 11.4 Å². The van der Waals surface area contributed by atoms with Crippen LogP contribution in [0.4, 0.5) is 0 Å². The standard InChI is InChI=1S/C15H29ClN2O4/c1-9(2)17(10(3)4)13-14(15(13)22-16(19,20)21)18(11(5)6)12(7)8/h9-12,15H,1-8H3. The maximum Gasteiger partial charge on any atom is 0.296 e. The maximum absolute atomic E-state index is 11.0. The van der Waals surface area contributed by atoms with E-state index in [1.54, 1.807) is 0 Å². The van der Waals surface area contributed by atoms with Gasteiger partial charge in [-0.25, -0.2) is 0 Å². The first-order valence-corrected chi connectivity index (χ1v) is 9.01. The van der Waals surface area contributed by atoms with Crippen molar-refractivity contribution in [2.45, 2.75) is 85.7 Å². The number of rotatable bonds is 8. The zero-order valence-electron chi connectivity index (χ0n) is 14.8. The SMILES string of the molecule is CC(C)N(C1=C(N(C(C)C)C(C)C)C1O[Cl+3]([O-])([O-])[O-])C(C)C. The lowest BCUT2D eigenvalue weighted by molar-refractivity contribution is -1.92. The second kappa shape index (κ2) is 6.93. The first-order chi connectivity index (χ1) is 9.88. The van der Waals surface area contributed by atoms with Gasteiger partial charge in [0.05, 0.1) is 25.9 Å². The molecule has 0 atom stereocenters. The minimum absolute atomic E-state index is 0.186. The molecule has 0 heterocycles. The van der Waals surface area contributed by atoms with Crippen molar-refractivity contribution < 1.29 is 28.5 Å². The van der Waals surface area contributed by atoms with Crippen LogP contribution in [0.25, 0.3) is 0 Å². The Hall–Kier alpha value is -0.530. The smallest absolute Gasteiger partial charge is 0.296 e. The van der Waals surface area contributed by atoms with Gasteiger partial charge in [0.1, 0.15) is 0 Å². The fourth-order valence-electron chi connectivity index (χ4n) is 3.21. The first-order valence-electron chi connectivity index (χ1n) is 7.78. The highest BCUT2D eigenvalue weighted by Gasteiger charge is 2.56. The van der Waals surface area contributed by atoms with Gasteiger partial charge >= 0.3 is 0 Å². The predicted octanol–water partition coefficient (Wildman–Crippen LogP) is -0.268. The fourth-order valence-corrected chi connectivity index (χ4v) is 3.60. The Bertz CT molecular complexity index is 370. The minimum Gasteiger partial charge on any atom is -0.365 e. The van der Waals surface area contributed by atoms with Crippen molar-refractivity contribution in [2.24, 2.45) is 0 Å². The van der Waals surface area contributed by atoms with E-state index in [4.69, 9.17) is 4.29 Å². The lowest BCUT2D eigenvalue weighted by Crippen LogP contribution is -2.62. The molecule has 0 bridgehead atoms. The van der Waals surface area contributed by atoms with E-state index >= 15 is 0 Å². The number of hydrogen-bond donors (Lipinski definition) is 0. The van der Waals surface area contributed by atoms with Crippen molar-refractivity contribution in [1.82, 2.24) is 9.80 Å². The van der Waals surface area contributed by atoms with Crippen molar-refractivity contribution >= 4 is 0 Å². The van der Waals surface area contributed by atoms with Crippen molar-refractivity contribution in [3.05, 3.63) is 11.4 Å². The van der Waals surface area contributed by atoms with Crippen molar-refractivity contribution in [2.75, 3.05) is 0 Å². The Labute approximate surface area is 136 Å². The third kappa shape index (κ3) is 4.49. The van der Waals surface area contributed by atoms with Gasteiger partial charge in [-0.15, -0.1) is 0 Å². The van der Waals surface area contributed by atoms with Gasteiger partial charge in [0.15, 0.2) is 0 Å². The van der Waals surface area contributed by atoms with Gasteiger partial charge in [0.25, 0.3) is 6.10 Å². The van der Waals surface area contributed by atoms with Crippen molar-refractivity contribution in [3.63, 3.8) is 0 Å². The molecular weight excluding hydrogens is 308 g/mol.